The maximum Gasteiger partial charge on any atom is 0.145 e. The molecule has 0 amide bonds. The SMILES string of the molecule is Brc1cc(OCCOCCOCCOCCOCc2ccccc2)c(Br)s1. The average molecular weight is 524 g/mol. The predicted octanol–water partition coefficient (Wildman–Crippen LogP) is 4.92. The van der Waals surface area contributed by atoms with Crippen LogP contribution in [0.3, 0.4) is 0 Å². The molecule has 0 atom stereocenters. The van der Waals surface area contributed by atoms with Crippen LogP contribution >= 0.6 is 43.2 Å². The van der Waals surface area contributed by atoms with Gasteiger partial charge in [0.15, 0.2) is 0 Å². The summed E-state index contributed by atoms with van der Waals surface area (Å²) >= 11 is 8.45. The van der Waals surface area contributed by atoms with Crippen LogP contribution in [0.1, 0.15) is 5.56 Å². The van der Waals surface area contributed by atoms with Gasteiger partial charge in [0.1, 0.15) is 16.1 Å². The Balaban J connectivity index is 1.30. The first kappa shape index (κ1) is 22.8. The summed E-state index contributed by atoms with van der Waals surface area (Å²) in [6.45, 7) is 4.98. The van der Waals surface area contributed by atoms with Crippen LogP contribution in [-0.4, -0.2) is 52.9 Å². The third-order valence-corrected chi connectivity index (χ3v) is 5.62. The first-order chi connectivity index (χ1) is 13.3. The Morgan fingerprint density at radius 1 is 0.704 bits per heavy atom. The number of rotatable bonds is 15. The molecule has 1 aromatic heterocycles. The average Bonchev–Trinajstić information content (AvgIpc) is 3.00. The van der Waals surface area contributed by atoms with E-state index in [-0.39, 0.29) is 0 Å². The van der Waals surface area contributed by atoms with Crippen LogP contribution in [0.2, 0.25) is 0 Å². The van der Waals surface area contributed by atoms with Gasteiger partial charge < -0.3 is 23.7 Å². The first-order valence-corrected chi connectivity index (χ1v) is 11.1. The summed E-state index contributed by atoms with van der Waals surface area (Å²) < 4.78 is 29.5. The van der Waals surface area contributed by atoms with Crippen LogP contribution in [0, 0.1) is 0 Å². The van der Waals surface area contributed by atoms with Crippen molar-refractivity contribution in [1.82, 2.24) is 0 Å². The largest absolute Gasteiger partial charge is 0.489 e. The molecule has 0 aliphatic rings. The number of halogens is 2. The van der Waals surface area contributed by atoms with Gasteiger partial charge in [0.05, 0.1) is 56.6 Å². The molecule has 0 aliphatic carbocycles. The quantitative estimate of drug-likeness (QED) is 0.310. The highest BCUT2D eigenvalue weighted by molar-refractivity contribution is 9.12. The lowest BCUT2D eigenvalue weighted by atomic mass is 10.2. The number of hydrogen-bond donors (Lipinski definition) is 0. The van der Waals surface area contributed by atoms with Crippen molar-refractivity contribution in [2.75, 3.05) is 52.9 Å². The minimum atomic E-state index is 0.508. The van der Waals surface area contributed by atoms with Gasteiger partial charge in [0.2, 0.25) is 0 Å². The van der Waals surface area contributed by atoms with Gasteiger partial charge in [-0.1, -0.05) is 30.3 Å². The van der Waals surface area contributed by atoms with Crippen LogP contribution in [0.4, 0.5) is 0 Å². The molecule has 8 heteroatoms. The highest BCUT2D eigenvalue weighted by atomic mass is 79.9. The molecule has 0 radical (unpaired) electrons. The third kappa shape index (κ3) is 10.6. The smallest absolute Gasteiger partial charge is 0.145 e. The maximum atomic E-state index is 5.61. The van der Waals surface area contributed by atoms with Gasteiger partial charge in [-0.2, -0.15) is 0 Å². The summed E-state index contributed by atoms with van der Waals surface area (Å²) in [5.41, 5.74) is 1.17. The fraction of sp³-hybridized carbons (Fsp3) is 0.474. The van der Waals surface area contributed by atoms with Crippen LogP contribution in [0.15, 0.2) is 44.0 Å². The number of benzene rings is 1. The lowest BCUT2D eigenvalue weighted by Crippen LogP contribution is -2.13. The molecule has 1 heterocycles. The first-order valence-electron chi connectivity index (χ1n) is 8.68. The Morgan fingerprint density at radius 2 is 1.26 bits per heavy atom. The Labute approximate surface area is 181 Å². The molecule has 0 N–H and O–H groups in total. The standard InChI is InChI=1S/C19H24Br2O5S/c20-18-14-17(19(21)27-18)26-13-12-24-9-8-22-6-7-23-10-11-25-15-16-4-2-1-3-5-16/h1-5,14H,6-13,15H2. The molecule has 1 aromatic carbocycles. The summed E-state index contributed by atoms with van der Waals surface area (Å²) in [6.07, 6.45) is 0. The van der Waals surface area contributed by atoms with Crippen molar-refractivity contribution < 1.29 is 23.7 Å². The topological polar surface area (TPSA) is 46.2 Å². The molecule has 27 heavy (non-hydrogen) atoms. The van der Waals surface area contributed by atoms with Crippen molar-refractivity contribution in [3.8, 4) is 5.75 Å². The number of hydrogen-bond acceptors (Lipinski definition) is 6. The Morgan fingerprint density at radius 3 is 1.81 bits per heavy atom. The van der Waals surface area contributed by atoms with Crippen molar-refractivity contribution in [1.29, 1.82) is 0 Å². The fourth-order valence-corrected chi connectivity index (χ4v) is 4.71. The molecule has 0 fully saturated rings. The van der Waals surface area contributed by atoms with E-state index >= 15 is 0 Å². The normalized spacial score (nSPS) is 11.0. The summed E-state index contributed by atoms with van der Waals surface area (Å²) in [7, 11) is 0. The van der Waals surface area contributed by atoms with Crippen LogP contribution in [-0.2, 0) is 25.6 Å². The summed E-state index contributed by atoms with van der Waals surface area (Å²) in [6, 6.07) is 12.0. The van der Waals surface area contributed by atoms with Gasteiger partial charge in [0.25, 0.3) is 0 Å². The second-order valence-electron chi connectivity index (χ2n) is 5.41. The molecule has 150 valence electrons. The zero-order valence-corrected chi connectivity index (χ0v) is 19.0. The molecular weight excluding hydrogens is 500 g/mol. The van der Waals surface area contributed by atoms with Gasteiger partial charge >= 0.3 is 0 Å². The fourth-order valence-electron chi connectivity index (χ4n) is 2.06. The van der Waals surface area contributed by atoms with E-state index in [1.807, 2.05) is 36.4 Å². The number of thiophene rings is 1. The molecule has 0 saturated heterocycles. The van der Waals surface area contributed by atoms with Crippen molar-refractivity contribution in [3.05, 3.63) is 49.5 Å². The molecule has 2 rings (SSSR count). The Kier molecular flexibility index (Phi) is 12.3. The zero-order chi connectivity index (χ0) is 19.2. The van der Waals surface area contributed by atoms with Gasteiger partial charge in [0, 0.05) is 6.07 Å². The van der Waals surface area contributed by atoms with Crippen LogP contribution < -0.4 is 4.74 Å². The summed E-state index contributed by atoms with van der Waals surface area (Å²) in [5.74, 6) is 0.830. The van der Waals surface area contributed by atoms with Gasteiger partial charge in [-0.05, 0) is 37.4 Å². The second-order valence-corrected chi connectivity index (χ2v) is 9.16. The molecule has 0 unspecified atom stereocenters. The van der Waals surface area contributed by atoms with E-state index in [9.17, 15) is 0 Å². The van der Waals surface area contributed by atoms with E-state index in [4.69, 9.17) is 23.7 Å². The highest BCUT2D eigenvalue weighted by Gasteiger charge is 2.05. The monoisotopic (exact) mass is 522 g/mol. The van der Waals surface area contributed by atoms with E-state index in [0.717, 1.165) is 13.3 Å². The van der Waals surface area contributed by atoms with Gasteiger partial charge in [-0.3, -0.25) is 0 Å². The lowest BCUT2D eigenvalue weighted by molar-refractivity contribution is -0.00660. The second kappa shape index (κ2) is 14.5. The van der Waals surface area contributed by atoms with Crippen molar-refractivity contribution in [3.63, 3.8) is 0 Å². The van der Waals surface area contributed by atoms with E-state index in [0.29, 0.717) is 59.5 Å². The Hall–Kier alpha value is -0.480. The van der Waals surface area contributed by atoms with Crippen molar-refractivity contribution >= 4 is 43.2 Å². The minimum Gasteiger partial charge on any atom is -0.489 e. The molecule has 0 bridgehead atoms. The predicted molar refractivity (Wildman–Crippen MR) is 114 cm³/mol. The molecule has 2 aromatic rings. The molecule has 0 spiro atoms. The van der Waals surface area contributed by atoms with Crippen molar-refractivity contribution in [2.45, 2.75) is 6.61 Å². The molecule has 5 nitrogen and oxygen atoms in total. The molecule has 0 aliphatic heterocycles. The van der Waals surface area contributed by atoms with E-state index in [1.54, 1.807) is 11.3 Å². The third-order valence-electron chi connectivity index (χ3n) is 3.34. The van der Waals surface area contributed by atoms with Crippen LogP contribution in [0.5, 0.6) is 5.75 Å². The number of ether oxygens (including phenoxy) is 5. The maximum absolute atomic E-state index is 5.61. The summed E-state index contributed by atoms with van der Waals surface area (Å²) in [5, 5.41) is 0. The lowest BCUT2D eigenvalue weighted by Gasteiger charge is -2.08. The minimum absolute atomic E-state index is 0.508. The summed E-state index contributed by atoms with van der Waals surface area (Å²) in [4.78, 5) is 0. The Bertz CT molecular complexity index is 624. The highest BCUT2D eigenvalue weighted by Crippen LogP contribution is 2.37. The van der Waals surface area contributed by atoms with Gasteiger partial charge in [-0.15, -0.1) is 11.3 Å². The van der Waals surface area contributed by atoms with Crippen molar-refractivity contribution in [2.24, 2.45) is 0 Å². The van der Waals surface area contributed by atoms with E-state index in [1.165, 1.54) is 5.56 Å². The van der Waals surface area contributed by atoms with E-state index in [2.05, 4.69) is 31.9 Å². The molecule has 0 saturated carbocycles. The van der Waals surface area contributed by atoms with Crippen LogP contribution in [0.25, 0.3) is 0 Å². The zero-order valence-electron chi connectivity index (χ0n) is 15.0. The van der Waals surface area contributed by atoms with E-state index < -0.39 is 0 Å². The molecular formula is C19H24Br2O5S. The van der Waals surface area contributed by atoms with Gasteiger partial charge in [-0.25, -0.2) is 0 Å².